The maximum atomic E-state index is 6.19. The van der Waals surface area contributed by atoms with Crippen molar-refractivity contribution < 1.29 is 4.74 Å². The Morgan fingerprint density at radius 2 is 1.81 bits per heavy atom. The van der Waals surface area contributed by atoms with E-state index < -0.39 is 0 Å². The molecule has 1 aromatic carbocycles. The number of rotatable bonds is 5. The van der Waals surface area contributed by atoms with Crippen LogP contribution in [0.15, 0.2) is 83.3 Å². The zero-order valence-corrected chi connectivity index (χ0v) is 18.8. The van der Waals surface area contributed by atoms with Crippen LogP contribution in [0.5, 0.6) is 5.88 Å². The molecule has 0 amide bonds. The number of aryl methyl sites for hydroxylation is 1. The molecule has 0 spiro atoms. The van der Waals surface area contributed by atoms with Gasteiger partial charge >= 0.3 is 0 Å². The summed E-state index contributed by atoms with van der Waals surface area (Å²) in [5, 5.41) is 4.53. The standard InChI is InChI=1S/C27H28N4O/c1-18-14-22(26-19(2)15-21-6-4-5-7-25(21)29-26)8-9-23(18)17-32-27-24(16-31(3)30-27)20-10-12-28-13-11-20/h4-13,16,18-19H,14-15,17H2,1-3H3. The summed E-state index contributed by atoms with van der Waals surface area (Å²) in [5.41, 5.74) is 8.36. The molecule has 0 N–H and O–H groups in total. The molecule has 2 unspecified atom stereocenters. The molecule has 5 rings (SSSR count). The molecule has 3 aromatic rings. The van der Waals surface area contributed by atoms with E-state index in [-0.39, 0.29) is 0 Å². The van der Waals surface area contributed by atoms with E-state index >= 15 is 0 Å². The van der Waals surface area contributed by atoms with Crippen molar-refractivity contribution in [3.8, 4) is 17.0 Å². The SMILES string of the molecule is CC1CC(C2=Nc3ccccc3CC2C)=CC=C1COc1nn(C)cc1-c1ccncc1. The van der Waals surface area contributed by atoms with Crippen LogP contribution in [0.4, 0.5) is 5.69 Å². The molecule has 1 aliphatic heterocycles. The van der Waals surface area contributed by atoms with Crippen molar-refractivity contribution in [2.24, 2.45) is 23.9 Å². The summed E-state index contributed by atoms with van der Waals surface area (Å²) in [6, 6.07) is 12.4. The highest BCUT2D eigenvalue weighted by molar-refractivity contribution is 6.04. The minimum atomic E-state index is 0.398. The molecule has 3 heterocycles. The second kappa shape index (κ2) is 8.58. The van der Waals surface area contributed by atoms with E-state index in [1.807, 2.05) is 25.4 Å². The number of para-hydroxylation sites is 1. The highest BCUT2D eigenvalue weighted by Gasteiger charge is 2.26. The highest BCUT2D eigenvalue weighted by Crippen LogP contribution is 2.35. The topological polar surface area (TPSA) is 52.3 Å². The maximum Gasteiger partial charge on any atom is 0.241 e. The van der Waals surface area contributed by atoms with Crippen molar-refractivity contribution in [1.82, 2.24) is 14.8 Å². The lowest BCUT2D eigenvalue weighted by atomic mass is 9.81. The number of pyridine rings is 1. The Morgan fingerprint density at radius 3 is 2.62 bits per heavy atom. The van der Waals surface area contributed by atoms with Crippen LogP contribution in [0.3, 0.4) is 0 Å². The first-order valence-corrected chi connectivity index (χ1v) is 11.2. The van der Waals surface area contributed by atoms with E-state index in [9.17, 15) is 0 Å². The third-order valence-electron chi connectivity index (χ3n) is 6.37. The molecule has 0 saturated heterocycles. The van der Waals surface area contributed by atoms with Crippen LogP contribution < -0.4 is 4.74 Å². The minimum Gasteiger partial charge on any atom is -0.472 e. The van der Waals surface area contributed by atoms with E-state index in [0.29, 0.717) is 24.3 Å². The zero-order valence-electron chi connectivity index (χ0n) is 18.8. The normalized spacial score (nSPS) is 20.2. The maximum absolute atomic E-state index is 6.19. The Labute approximate surface area is 189 Å². The second-order valence-electron chi connectivity index (χ2n) is 8.82. The molecule has 1 aliphatic carbocycles. The molecule has 2 atom stereocenters. The minimum absolute atomic E-state index is 0.398. The number of hydrogen-bond acceptors (Lipinski definition) is 4. The molecule has 2 aromatic heterocycles. The predicted molar refractivity (Wildman–Crippen MR) is 128 cm³/mol. The largest absolute Gasteiger partial charge is 0.472 e. The monoisotopic (exact) mass is 424 g/mol. The Hall–Kier alpha value is -3.47. The van der Waals surface area contributed by atoms with Crippen LogP contribution in [0, 0.1) is 11.8 Å². The van der Waals surface area contributed by atoms with E-state index in [0.717, 1.165) is 29.7 Å². The average molecular weight is 425 g/mol. The number of fused-ring (bicyclic) bond motifs is 1. The summed E-state index contributed by atoms with van der Waals surface area (Å²) in [7, 11) is 1.92. The number of allylic oxidation sites excluding steroid dienone is 3. The van der Waals surface area contributed by atoms with Gasteiger partial charge in [-0.15, -0.1) is 5.10 Å². The first-order chi connectivity index (χ1) is 15.6. The Kier molecular flexibility index (Phi) is 5.48. The van der Waals surface area contributed by atoms with Crippen LogP contribution in [0.1, 0.15) is 25.8 Å². The molecule has 32 heavy (non-hydrogen) atoms. The second-order valence-corrected chi connectivity index (χ2v) is 8.82. The molecular formula is C27H28N4O. The zero-order chi connectivity index (χ0) is 22.1. The van der Waals surface area contributed by atoms with Gasteiger partial charge in [-0.05, 0) is 59.2 Å². The number of aliphatic imine (C=N–C) groups is 1. The van der Waals surface area contributed by atoms with E-state index in [1.165, 1.54) is 22.4 Å². The molecule has 0 bridgehead atoms. The fourth-order valence-electron chi connectivity index (χ4n) is 4.58. The fraction of sp³-hybridized carbons (Fsp3) is 0.296. The van der Waals surface area contributed by atoms with Crippen molar-refractivity contribution in [2.75, 3.05) is 6.61 Å². The number of aromatic nitrogens is 3. The summed E-state index contributed by atoms with van der Waals surface area (Å²) in [5.74, 6) is 1.49. The Morgan fingerprint density at radius 1 is 1.00 bits per heavy atom. The number of hydrogen-bond donors (Lipinski definition) is 0. The highest BCUT2D eigenvalue weighted by atomic mass is 16.5. The lowest BCUT2D eigenvalue weighted by molar-refractivity contribution is 0.321. The van der Waals surface area contributed by atoms with Gasteiger partial charge < -0.3 is 4.74 Å². The van der Waals surface area contributed by atoms with Crippen molar-refractivity contribution in [3.05, 3.63) is 83.9 Å². The van der Waals surface area contributed by atoms with Gasteiger partial charge in [0.1, 0.15) is 6.61 Å². The molecule has 2 aliphatic rings. The van der Waals surface area contributed by atoms with Gasteiger partial charge in [0.2, 0.25) is 5.88 Å². The van der Waals surface area contributed by atoms with Crippen LogP contribution in [0.25, 0.3) is 11.1 Å². The van der Waals surface area contributed by atoms with E-state index in [4.69, 9.17) is 9.73 Å². The van der Waals surface area contributed by atoms with Crippen LogP contribution in [-0.4, -0.2) is 27.1 Å². The summed E-state index contributed by atoms with van der Waals surface area (Å²) in [6.07, 6.45) is 12.1. The van der Waals surface area contributed by atoms with Gasteiger partial charge in [0.05, 0.1) is 11.3 Å². The lowest BCUT2D eigenvalue weighted by Gasteiger charge is -2.28. The van der Waals surface area contributed by atoms with Gasteiger partial charge in [-0.25, -0.2) is 0 Å². The molecule has 0 fully saturated rings. The summed E-state index contributed by atoms with van der Waals surface area (Å²) in [6.45, 7) is 5.08. The fourth-order valence-corrected chi connectivity index (χ4v) is 4.58. The Bertz CT molecular complexity index is 1220. The number of benzene rings is 1. The van der Waals surface area contributed by atoms with Crippen molar-refractivity contribution in [2.45, 2.75) is 26.7 Å². The molecule has 0 saturated carbocycles. The van der Waals surface area contributed by atoms with Gasteiger partial charge in [-0.1, -0.05) is 44.2 Å². The first kappa shape index (κ1) is 20.4. The van der Waals surface area contributed by atoms with Crippen molar-refractivity contribution >= 4 is 11.4 Å². The smallest absolute Gasteiger partial charge is 0.241 e. The molecule has 5 heteroatoms. The molecular weight excluding hydrogens is 396 g/mol. The van der Waals surface area contributed by atoms with Gasteiger partial charge in [-0.2, -0.15) is 0 Å². The summed E-state index contributed by atoms with van der Waals surface area (Å²) in [4.78, 5) is 9.13. The summed E-state index contributed by atoms with van der Waals surface area (Å²) >= 11 is 0. The molecule has 0 radical (unpaired) electrons. The van der Waals surface area contributed by atoms with Crippen LogP contribution in [-0.2, 0) is 13.5 Å². The average Bonchev–Trinajstić information content (AvgIpc) is 3.19. The quantitative estimate of drug-likeness (QED) is 0.526. The van der Waals surface area contributed by atoms with Crippen molar-refractivity contribution in [1.29, 1.82) is 0 Å². The third kappa shape index (κ3) is 4.03. The van der Waals surface area contributed by atoms with Crippen LogP contribution in [0.2, 0.25) is 0 Å². The first-order valence-electron chi connectivity index (χ1n) is 11.2. The molecule has 162 valence electrons. The van der Waals surface area contributed by atoms with Gasteiger partial charge in [0.15, 0.2) is 0 Å². The van der Waals surface area contributed by atoms with Gasteiger partial charge in [-0.3, -0.25) is 14.7 Å². The van der Waals surface area contributed by atoms with Gasteiger partial charge in [0, 0.05) is 37.3 Å². The third-order valence-corrected chi connectivity index (χ3v) is 6.37. The predicted octanol–water partition coefficient (Wildman–Crippen LogP) is 5.72. The summed E-state index contributed by atoms with van der Waals surface area (Å²) < 4.78 is 7.98. The Balaban J connectivity index is 1.35. The number of nitrogens with zero attached hydrogens (tertiary/aromatic N) is 4. The molecule has 5 nitrogen and oxygen atoms in total. The number of ether oxygens (including phenoxy) is 1. The van der Waals surface area contributed by atoms with Crippen molar-refractivity contribution in [3.63, 3.8) is 0 Å². The van der Waals surface area contributed by atoms with Crippen LogP contribution >= 0.6 is 0 Å². The van der Waals surface area contributed by atoms with E-state index in [2.05, 4.69) is 60.3 Å². The lowest BCUT2D eigenvalue weighted by Crippen LogP contribution is -2.23. The van der Waals surface area contributed by atoms with E-state index in [1.54, 1.807) is 17.1 Å². The van der Waals surface area contributed by atoms with Gasteiger partial charge in [0.25, 0.3) is 0 Å².